The van der Waals surface area contributed by atoms with Crippen molar-refractivity contribution in [3.63, 3.8) is 0 Å². The quantitative estimate of drug-likeness (QED) is 0.497. The summed E-state index contributed by atoms with van der Waals surface area (Å²) < 4.78 is 17.1. The van der Waals surface area contributed by atoms with E-state index in [1.807, 2.05) is 30.3 Å². The number of anilines is 2. The van der Waals surface area contributed by atoms with Gasteiger partial charge in [-0.3, -0.25) is 4.98 Å². The van der Waals surface area contributed by atoms with E-state index in [0.717, 1.165) is 11.3 Å². The first-order chi connectivity index (χ1) is 12.9. The maximum Gasteiger partial charge on any atom is 0.232 e. The molecule has 0 saturated carbocycles. The van der Waals surface area contributed by atoms with E-state index in [1.165, 1.54) is 6.33 Å². The highest BCUT2D eigenvalue weighted by Gasteiger charge is 2.25. The van der Waals surface area contributed by atoms with Crippen molar-refractivity contribution in [1.29, 1.82) is 0 Å². The Labute approximate surface area is 147 Å². The van der Waals surface area contributed by atoms with E-state index in [-0.39, 0.29) is 0 Å². The predicted octanol–water partition coefficient (Wildman–Crippen LogP) is 4.88. The van der Waals surface area contributed by atoms with Gasteiger partial charge in [-0.05, 0) is 36.4 Å². The molecule has 5 aromatic heterocycles. The molecular formula is C19H12N4O3. The molecule has 0 bridgehead atoms. The molecule has 0 fully saturated rings. The Morgan fingerprint density at radius 1 is 0.885 bits per heavy atom. The summed E-state index contributed by atoms with van der Waals surface area (Å²) in [6.07, 6.45) is 8.07. The second kappa shape index (κ2) is 5.89. The van der Waals surface area contributed by atoms with Gasteiger partial charge in [0.05, 0.1) is 35.4 Å². The summed E-state index contributed by atoms with van der Waals surface area (Å²) in [5.41, 5.74) is 1.97. The lowest BCUT2D eigenvalue weighted by Gasteiger charge is -2.06. The smallest absolute Gasteiger partial charge is 0.232 e. The molecule has 1 N–H and O–H groups in total. The van der Waals surface area contributed by atoms with Gasteiger partial charge in [-0.1, -0.05) is 0 Å². The summed E-state index contributed by atoms with van der Waals surface area (Å²) in [5.74, 6) is 2.35. The van der Waals surface area contributed by atoms with Crippen molar-refractivity contribution in [3.8, 4) is 22.8 Å². The van der Waals surface area contributed by atoms with Crippen LogP contribution in [0, 0.1) is 0 Å². The van der Waals surface area contributed by atoms with E-state index < -0.39 is 0 Å². The minimum atomic E-state index is 0.434. The number of pyridine rings is 1. The van der Waals surface area contributed by atoms with Gasteiger partial charge in [-0.2, -0.15) is 0 Å². The number of rotatable bonds is 4. The molecular weight excluding hydrogens is 332 g/mol. The Morgan fingerprint density at radius 2 is 1.73 bits per heavy atom. The molecule has 0 unspecified atom stereocenters. The highest BCUT2D eigenvalue weighted by Crippen LogP contribution is 2.43. The molecule has 0 atom stereocenters. The summed E-state index contributed by atoms with van der Waals surface area (Å²) in [6.45, 7) is 0. The van der Waals surface area contributed by atoms with Crippen LogP contribution in [0.25, 0.3) is 33.9 Å². The largest absolute Gasteiger partial charge is 0.464 e. The number of aromatic nitrogens is 3. The summed E-state index contributed by atoms with van der Waals surface area (Å²) in [7, 11) is 0. The van der Waals surface area contributed by atoms with Gasteiger partial charge in [0, 0.05) is 6.20 Å². The number of hydrogen-bond acceptors (Lipinski definition) is 7. The fourth-order valence-corrected chi connectivity index (χ4v) is 2.84. The Bertz CT molecular complexity index is 1150. The topological polar surface area (TPSA) is 90.1 Å². The monoisotopic (exact) mass is 344 g/mol. The highest BCUT2D eigenvalue weighted by molar-refractivity contribution is 6.05. The van der Waals surface area contributed by atoms with E-state index in [4.69, 9.17) is 13.3 Å². The zero-order valence-corrected chi connectivity index (χ0v) is 13.4. The summed E-state index contributed by atoms with van der Waals surface area (Å²) in [5, 5.41) is 3.97. The van der Waals surface area contributed by atoms with Gasteiger partial charge in [0.25, 0.3) is 0 Å². The van der Waals surface area contributed by atoms with Crippen LogP contribution in [0.1, 0.15) is 0 Å². The first-order valence-electron chi connectivity index (χ1n) is 7.92. The van der Waals surface area contributed by atoms with Crippen molar-refractivity contribution in [2.45, 2.75) is 0 Å². The van der Waals surface area contributed by atoms with Crippen molar-refractivity contribution < 1.29 is 13.3 Å². The van der Waals surface area contributed by atoms with Crippen LogP contribution in [0.15, 0.2) is 80.9 Å². The number of nitrogens with one attached hydrogen (secondary N) is 1. The lowest BCUT2D eigenvalue weighted by molar-refractivity contribution is 0.536. The van der Waals surface area contributed by atoms with Crippen LogP contribution in [-0.2, 0) is 0 Å². The number of fused-ring (bicyclic) bond motifs is 1. The zero-order valence-electron chi connectivity index (χ0n) is 13.4. The van der Waals surface area contributed by atoms with Gasteiger partial charge in [0.2, 0.25) is 5.71 Å². The van der Waals surface area contributed by atoms with E-state index in [1.54, 1.807) is 31.0 Å². The van der Waals surface area contributed by atoms with Gasteiger partial charge >= 0.3 is 0 Å². The maximum absolute atomic E-state index is 5.99. The van der Waals surface area contributed by atoms with Gasteiger partial charge in [-0.25, -0.2) is 9.97 Å². The first kappa shape index (κ1) is 14.5. The van der Waals surface area contributed by atoms with E-state index in [9.17, 15) is 0 Å². The van der Waals surface area contributed by atoms with Crippen molar-refractivity contribution in [2.24, 2.45) is 0 Å². The van der Waals surface area contributed by atoms with Crippen LogP contribution in [0.3, 0.4) is 0 Å². The van der Waals surface area contributed by atoms with Gasteiger partial charge in [-0.15, -0.1) is 0 Å². The molecule has 0 spiro atoms. The number of furan rings is 3. The van der Waals surface area contributed by atoms with Crippen LogP contribution < -0.4 is 5.32 Å². The highest BCUT2D eigenvalue weighted by atomic mass is 16.4. The number of hydrogen-bond donors (Lipinski definition) is 1. The molecule has 5 heterocycles. The molecule has 7 heteroatoms. The Balaban J connectivity index is 1.77. The fraction of sp³-hybridized carbons (Fsp3) is 0. The van der Waals surface area contributed by atoms with Crippen molar-refractivity contribution in [1.82, 2.24) is 15.0 Å². The van der Waals surface area contributed by atoms with E-state index in [0.29, 0.717) is 34.2 Å². The molecule has 5 aromatic rings. The Kier molecular flexibility index (Phi) is 3.28. The van der Waals surface area contributed by atoms with Crippen molar-refractivity contribution in [2.75, 3.05) is 5.32 Å². The Hall–Kier alpha value is -3.87. The van der Waals surface area contributed by atoms with Gasteiger partial charge in [0.15, 0.2) is 11.5 Å². The molecule has 7 nitrogen and oxygen atoms in total. The van der Waals surface area contributed by atoms with E-state index >= 15 is 0 Å². The van der Waals surface area contributed by atoms with Crippen molar-refractivity contribution in [3.05, 3.63) is 67.6 Å². The summed E-state index contributed by atoms with van der Waals surface area (Å²) in [4.78, 5) is 12.8. The molecule has 0 aromatic carbocycles. The van der Waals surface area contributed by atoms with Crippen LogP contribution in [0.2, 0.25) is 0 Å². The van der Waals surface area contributed by atoms with Crippen LogP contribution in [0.4, 0.5) is 11.5 Å². The third-order valence-corrected chi connectivity index (χ3v) is 3.93. The fourth-order valence-electron chi connectivity index (χ4n) is 2.84. The molecule has 0 amide bonds. The summed E-state index contributed by atoms with van der Waals surface area (Å²) >= 11 is 0. The minimum Gasteiger partial charge on any atom is -0.464 e. The summed E-state index contributed by atoms with van der Waals surface area (Å²) in [6, 6.07) is 11.1. The third kappa shape index (κ3) is 2.34. The van der Waals surface area contributed by atoms with Crippen LogP contribution >= 0.6 is 0 Å². The molecule has 0 radical (unpaired) electrons. The average molecular weight is 344 g/mol. The minimum absolute atomic E-state index is 0.434. The zero-order chi connectivity index (χ0) is 17.3. The van der Waals surface area contributed by atoms with Crippen LogP contribution in [-0.4, -0.2) is 15.0 Å². The predicted molar refractivity (Wildman–Crippen MR) is 94.7 cm³/mol. The molecule has 0 saturated heterocycles. The van der Waals surface area contributed by atoms with Crippen molar-refractivity contribution >= 4 is 22.6 Å². The molecule has 0 aliphatic heterocycles. The maximum atomic E-state index is 5.99. The van der Waals surface area contributed by atoms with Gasteiger partial charge in [0.1, 0.15) is 17.9 Å². The van der Waals surface area contributed by atoms with Gasteiger partial charge < -0.3 is 18.6 Å². The SMILES string of the molecule is c1cncc(Nc2ncnc3oc(-c4ccco4)c(-c4ccco4)c23)c1. The average Bonchev–Trinajstić information content (AvgIpc) is 3.42. The Morgan fingerprint density at radius 3 is 2.46 bits per heavy atom. The van der Waals surface area contributed by atoms with Crippen LogP contribution in [0.5, 0.6) is 0 Å². The lowest BCUT2D eigenvalue weighted by atomic mass is 10.1. The lowest BCUT2D eigenvalue weighted by Crippen LogP contribution is -1.95. The molecule has 26 heavy (non-hydrogen) atoms. The second-order valence-corrected chi connectivity index (χ2v) is 5.53. The third-order valence-electron chi connectivity index (χ3n) is 3.93. The molecule has 5 rings (SSSR count). The van der Waals surface area contributed by atoms with E-state index in [2.05, 4.69) is 20.3 Å². The molecule has 0 aliphatic rings. The number of nitrogens with zero attached hydrogens (tertiary/aromatic N) is 3. The second-order valence-electron chi connectivity index (χ2n) is 5.53. The molecule has 126 valence electrons. The normalized spacial score (nSPS) is 11.1. The standard InChI is InChI=1S/C19H12N4O3/c1-4-12(10-20-7-1)23-18-16-15(13-5-2-8-24-13)17(14-6-3-9-25-14)26-19(16)22-11-21-18/h1-11H,(H,21,22,23). The molecule has 0 aliphatic carbocycles. The first-order valence-corrected chi connectivity index (χ1v) is 7.92.